The van der Waals surface area contributed by atoms with Crippen molar-refractivity contribution in [1.29, 1.82) is 0 Å². The number of hydrogen-bond acceptors (Lipinski definition) is 4. The van der Waals surface area contributed by atoms with E-state index in [2.05, 4.69) is 10.4 Å². The molecule has 6 heteroatoms. The van der Waals surface area contributed by atoms with E-state index in [4.69, 9.17) is 9.47 Å². The van der Waals surface area contributed by atoms with Crippen LogP contribution in [0.4, 0.5) is 0 Å². The monoisotopic (exact) mass is 327 g/mol. The van der Waals surface area contributed by atoms with Gasteiger partial charge in [0.05, 0.1) is 23.9 Å². The van der Waals surface area contributed by atoms with Crippen LogP contribution in [0.2, 0.25) is 0 Å². The first-order valence-corrected chi connectivity index (χ1v) is 8.33. The summed E-state index contributed by atoms with van der Waals surface area (Å²) in [6, 6.07) is 7.93. The van der Waals surface area contributed by atoms with Crippen molar-refractivity contribution in [2.75, 3.05) is 19.8 Å². The summed E-state index contributed by atoms with van der Waals surface area (Å²) in [7, 11) is 1.84. The number of aryl methyl sites for hydroxylation is 1. The second-order valence-corrected chi connectivity index (χ2v) is 6.46. The standard InChI is InChI=1S/C18H21N3O3/c1-21-9-15(17(20-21)13-6-7-23-10-13)18(22)19-14-8-12-4-2-3-5-16(12)24-11-14/h2-5,9,13-14H,6-8,10-11H2,1H3,(H,19,22)/t13-,14-/m0/s1. The Morgan fingerprint density at radius 3 is 3.04 bits per heavy atom. The van der Waals surface area contributed by atoms with Gasteiger partial charge in [-0.15, -0.1) is 0 Å². The first-order valence-electron chi connectivity index (χ1n) is 8.33. The molecule has 1 fully saturated rings. The summed E-state index contributed by atoms with van der Waals surface area (Å²) in [5, 5.41) is 7.58. The van der Waals surface area contributed by atoms with Crippen LogP contribution in [0, 0.1) is 0 Å². The van der Waals surface area contributed by atoms with Crippen molar-refractivity contribution in [2.45, 2.75) is 24.8 Å². The lowest BCUT2D eigenvalue weighted by atomic mass is 9.99. The Hall–Kier alpha value is -2.34. The number of nitrogens with zero attached hydrogens (tertiary/aromatic N) is 2. The summed E-state index contributed by atoms with van der Waals surface area (Å²) >= 11 is 0. The number of rotatable bonds is 3. The zero-order chi connectivity index (χ0) is 16.5. The van der Waals surface area contributed by atoms with Crippen molar-refractivity contribution >= 4 is 5.91 Å². The number of aromatic nitrogens is 2. The average Bonchev–Trinajstić information content (AvgIpc) is 3.24. The van der Waals surface area contributed by atoms with Crippen LogP contribution in [-0.4, -0.2) is 41.6 Å². The highest BCUT2D eigenvalue weighted by Crippen LogP contribution is 2.27. The highest BCUT2D eigenvalue weighted by Gasteiger charge is 2.28. The molecule has 6 nitrogen and oxygen atoms in total. The molecule has 2 aliphatic rings. The third-order valence-electron chi connectivity index (χ3n) is 4.63. The molecule has 0 saturated carbocycles. The van der Waals surface area contributed by atoms with Gasteiger partial charge in [0.2, 0.25) is 0 Å². The van der Waals surface area contributed by atoms with Crippen LogP contribution < -0.4 is 10.1 Å². The maximum Gasteiger partial charge on any atom is 0.255 e. The lowest BCUT2D eigenvalue weighted by Gasteiger charge is -2.26. The maximum absolute atomic E-state index is 12.8. The quantitative estimate of drug-likeness (QED) is 0.931. The number of benzene rings is 1. The largest absolute Gasteiger partial charge is 0.491 e. The Labute approximate surface area is 140 Å². The van der Waals surface area contributed by atoms with Crippen molar-refractivity contribution in [3.8, 4) is 5.75 Å². The van der Waals surface area contributed by atoms with Gasteiger partial charge in [-0.1, -0.05) is 18.2 Å². The summed E-state index contributed by atoms with van der Waals surface area (Å²) in [6.45, 7) is 1.86. The molecule has 2 atom stereocenters. The molecule has 0 unspecified atom stereocenters. The Morgan fingerprint density at radius 2 is 2.21 bits per heavy atom. The minimum Gasteiger partial charge on any atom is -0.491 e. The molecule has 2 aromatic rings. The molecular formula is C18H21N3O3. The van der Waals surface area contributed by atoms with Crippen LogP contribution in [0.5, 0.6) is 5.75 Å². The number of carbonyl (C=O) groups is 1. The summed E-state index contributed by atoms with van der Waals surface area (Å²) < 4.78 is 12.9. The van der Waals surface area contributed by atoms with Crippen LogP contribution in [-0.2, 0) is 18.2 Å². The van der Waals surface area contributed by atoms with Gasteiger partial charge in [0.15, 0.2) is 0 Å². The van der Waals surface area contributed by atoms with Crippen LogP contribution in [0.25, 0.3) is 0 Å². The van der Waals surface area contributed by atoms with E-state index in [1.807, 2.05) is 31.3 Å². The zero-order valence-corrected chi connectivity index (χ0v) is 13.7. The molecule has 1 N–H and O–H groups in total. The number of amides is 1. The summed E-state index contributed by atoms with van der Waals surface area (Å²) in [5.41, 5.74) is 2.61. The lowest BCUT2D eigenvalue weighted by molar-refractivity contribution is 0.0913. The molecule has 0 aliphatic carbocycles. The molecule has 1 aromatic heterocycles. The highest BCUT2D eigenvalue weighted by atomic mass is 16.5. The van der Waals surface area contributed by atoms with Gasteiger partial charge in [0.25, 0.3) is 5.91 Å². The van der Waals surface area contributed by atoms with Gasteiger partial charge in [-0.05, 0) is 24.5 Å². The molecule has 2 aliphatic heterocycles. The van der Waals surface area contributed by atoms with Crippen molar-refractivity contribution in [3.63, 3.8) is 0 Å². The molecule has 4 rings (SSSR count). The van der Waals surface area contributed by atoms with Crippen LogP contribution in [0.1, 0.15) is 34.0 Å². The number of nitrogens with one attached hydrogen (secondary N) is 1. The van der Waals surface area contributed by atoms with Gasteiger partial charge < -0.3 is 14.8 Å². The van der Waals surface area contributed by atoms with E-state index in [0.29, 0.717) is 18.8 Å². The van der Waals surface area contributed by atoms with E-state index in [0.717, 1.165) is 36.5 Å². The fourth-order valence-electron chi connectivity index (χ4n) is 3.42. The maximum atomic E-state index is 12.8. The normalized spacial score (nSPS) is 22.7. The van der Waals surface area contributed by atoms with Gasteiger partial charge in [0, 0.05) is 25.8 Å². The predicted molar refractivity (Wildman–Crippen MR) is 88.3 cm³/mol. The minimum absolute atomic E-state index is 0.0275. The second-order valence-electron chi connectivity index (χ2n) is 6.46. The predicted octanol–water partition coefficient (Wildman–Crippen LogP) is 1.66. The Kier molecular flexibility index (Phi) is 3.98. The van der Waals surface area contributed by atoms with Gasteiger partial charge in [-0.2, -0.15) is 5.10 Å². The van der Waals surface area contributed by atoms with Crippen LogP contribution in [0.15, 0.2) is 30.5 Å². The van der Waals surface area contributed by atoms with E-state index in [9.17, 15) is 4.79 Å². The first kappa shape index (κ1) is 15.2. The van der Waals surface area contributed by atoms with Crippen molar-refractivity contribution in [3.05, 3.63) is 47.3 Å². The Morgan fingerprint density at radius 1 is 1.33 bits per heavy atom. The van der Waals surface area contributed by atoms with E-state index in [-0.39, 0.29) is 17.9 Å². The number of hydrogen-bond donors (Lipinski definition) is 1. The molecule has 3 heterocycles. The van der Waals surface area contributed by atoms with E-state index < -0.39 is 0 Å². The minimum atomic E-state index is -0.0852. The van der Waals surface area contributed by atoms with E-state index >= 15 is 0 Å². The fourth-order valence-corrected chi connectivity index (χ4v) is 3.42. The third kappa shape index (κ3) is 2.89. The van der Waals surface area contributed by atoms with Crippen LogP contribution >= 0.6 is 0 Å². The third-order valence-corrected chi connectivity index (χ3v) is 4.63. The molecule has 0 bridgehead atoms. The fraction of sp³-hybridized carbons (Fsp3) is 0.444. The van der Waals surface area contributed by atoms with Crippen molar-refractivity contribution in [2.24, 2.45) is 7.05 Å². The number of ether oxygens (including phenoxy) is 2. The first-order chi connectivity index (χ1) is 11.7. The summed E-state index contributed by atoms with van der Waals surface area (Å²) in [5.74, 6) is 1.03. The van der Waals surface area contributed by atoms with Gasteiger partial charge in [0.1, 0.15) is 12.4 Å². The van der Waals surface area contributed by atoms with Crippen molar-refractivity contribution < 1.29 is 14.3 Å². The van der Waals surface area contributed by atoms with Gasteiger partial charge in [-0.25, -0.2) is 0 Å². The molecule has 0 radical (unpaired) electrons. The summed E-state index contributed by atoms with van der Waals surface area (Å²) in [6.07, 6.45) is 3.49. The van der Waals surface area contributed by atoms with Gasteiger partial charge >= 0.3 is 0 Å². The summed E-state index contributed by atoms with van der Waals surface area (Å²) in [4.78, 5) is 12.8. The Balaban J connectivity index is 1.49. The highest BCUT2D eigenvalue weighted by molar-refractivity contribution is 5.95. The average molecular weight is 327 g/mol. The molecular weight excluding hydrogens is 306 g/mol. The molecule has 0 spiro atoms. The number of fused-ring (bicyclic) bond motifs is 1. The molecule has 1 saturated heterocycles. The topological polar surface area (TPSA) is 65.4 Å². The molecule has 1 amide bonds. The molecule has 24 heavy (non-hydrogen) atoms. The smallest absolute Gasteiger partial charge is 0.255 e. The zero-order valence-electron chi connectivity index (χ0n) is 13.7. The molecule has 126 valence electrons. The van der Waals surface area contributed by atoms with Crippen LogP contribution in [0.3, 0.4) is 0 Å². The SMILES string of the molecule is Cn1cc(C(=O)N[C@@H]2COc3ccccc3C2)c([C@H]2CCOC2)n1. The number of para-hydroxylation sites is 1. The second kappa shape index (κ2) is 6.28. The van der Waals surface area contributed by atoms with Crippen molar-refractivity contribution in [1.82, 2.24) is 15.1 Å². The molecule has 1 aromatic carbocycles. The lowest BCUT2D eigenvalue weighted by Crippen LogP contribution is -2.43. The van der Waals surface area contributed by atoms with Gasteiger partial charge in [-0.3, -0.25) is 9.48 Å². The Bertz CT molecular complexity index is 750. The van der Waals surface area contributed by atoms with E-state index in [1.54, 1.807) is 10.9 Å². The number of carbonyl (C=O) groups excluding carboxylic acids is 1. The van der Waals surface area contributed by atoms with E-state index in [1.165, 1.54) is 0 Å².